The van der Waals surface area contributed by atoms with Crippen molar-refractivity contribution in [2.24, 2.45) is 0 Å². The molecule has 4 rings (SSSR count). The van der Waals surface area contributed by atoms with Gasteiger partial charge in [0.25, 0.3) is 5.91 Å². The van der Waals surface area contributed by atoms with Crippen LogP contribution in [0.15, 0.2) is 71.2 Å². The predicted octanol–water partition coefficient (Wildman–Crippen LogP) is 5.04. The lowest BCUT2D eigenvalue weighted by atomic mass is 10.1. The minimum atomic E-state index is -0.0970. The van der Waals surface area contributed by atoms with Crippen LogP contribution in [0.3, 0.4) is 0 Å². The van der Waals surface area contributed by atoms with Crippen LogP contribution in [-0.2, 0) is 0 Å². The van der Waals surface area contributed by atoms with E-state index in [1.165, 1.54) is 0 Å². The number of nitrogens with one attached hydrogen (secondary N) is 1. The van der Waals surface area contributed by atoms with Crippen molar-refractivity contribution < 1.29 is 4.79 Å². The summed E-state index contributed by atoms with van der Waals surface area (Å²) in [6, 6.07) is 15.4. The summed E-state index contributed by atoms with van der Waals surface area (Å²) < 4.78 is 2.01. The maximum absolute atomic E-state index is 12.5. The Labute approximate surface area is 153 Å². The fraction of sp³-hybridized carbons (Fsp3) is 0.0526. The molecule has 2 heterocycles. The second-order valence-corrected chi connectivity index (χ2v) is 7.17. The Balaban J connectivity index is 1.54. The summed E-state index contributed by atoms with van der Waals surface area (Å²) in [6.07, 6.45) is 5.97. The Morgan fingerprint density at radius 3 is 2.72 bits per heavy atom. The zero-order chi connectivity index (χ0) is 17.2. The first-order chi connectivity index (χ1) is 12.2. The molecule has 0 unspecified atom stereocenters. The number of fused-ring (bicyclic) bond motifs is 1. The maximum atomic E-state index is 12.5. The highest BCUT2D eigenvalue weighted by Gasteiger charge is 2.11. The van der Waals surface area contributed by atoms with E-state index in [1.807, 2.05) is 77.0 Å². The number of hydrogen-bond donors (Lipinski definition) is 1. The molecule has 6 heteroatoms. The molecule has 124 valence electrons. The van der Waals surface area contributed by atoms with Crippen molar-refractivity contribution in [3.05, 3.63) is 71.9 Å². The summed E-state index contributed by atoms with van der Waals surface area (Å²) >= 11 is 3.17. The van der Waals surface area contributed by atoms with Crippen molar-refractivity contribution >= 4 is 39.7 Å². The number of carbonyl (C=O) groups excluding carboxylic acids is 1. The molecule has 4 aromatic rings. The molecule has 1 N–H and O–H groups in total. The van der Waals surface area contributed by atoms with Crippen molar-refractivity contribution in [2.45, 2.75) is 4.90 Å². The number of rotatable bonds is 4. The first-order valence-electron chi connectivity index (χ1n) is 7.71. The number of aromatic nitrogens is 2. The Kier molecular flexibility index (Phi) is 4.29. The maximum Gasteiger partial charge on any atom is 0.256 e. The Hall–Kier alpha value is -2.57. The normalized spacial score (nSPS) is 10.9. The highest BCUT2D eigenvalue weighted by molar-refractivity contribution is 7.98. The number of carbonyl (C=O) groups is 1. The van der Waals surface area contributed by atoms with Gasteiger partial charge in [0, 0.05) is 33.9 Å². The number of thiazole rings is 1. The zero-order valence-corrected chi connectivity index (χ0v) is 15.1. The SMILES string of the molecule is CSc1ccccc1C(=O)Nc1ccc(-c2cn3ccsc3n2)cc1. The number of thioether (sulfide) groups is 1. The van der Waals surface area contributed by atoms with E-state index < -0.39 is 0 Å². The van der Waals surface area contributed by atoms with Crippen LogP contribution in [0.2, 0.25) is 0 Å². The molecule has 0 aliphatic carbocycles. The molecule has 0 saturated carbocycles. The highest BCUT2D eigenvalue weighted by atomic mass is 32.2. The standard InChI is InChI=1S/C19H15N3OS2/c1-24-17-5-3-2-4-15(17)18(23)20-14-8-6-13(7-9-14)16-12-22-10-11-25-19(22)21-16/h2-12H,1H3,(H,20,23). The molecule has 0 radical (unpaired) electrons. The molecule has 1 amide bonds. The highest BCUT2D eigenvalue weighted by Crippen LogP contribution is 2.24. The summed E-state index contributed by atoms with van der Waals surface area (Å²) in [5.74, 6) is -0.0970. The third-order valence-electron chi connectivity index (χ3n) is 3.88. The number of imidazole rings is 1. The largest absolute Gasteiger partial charge is 0.322 e. The van der Waals surface area contributed by atoms with Crippen molar-refractivity contribution in [2.75, 3.05) is 11.6 Å². The summed E-state index contributed by atoms with van der Waals surface area (Å²) in [4.78, 5) is 19.0. The monoisotopic (exact) mass is 365 g/mol. The first kappa shape index (κ1) is 15.9. The van der Waals surface area contributed by atoms with Crippen LogP contribution in [-0.4, -0.2) is 21.5 Å². The summed E-state index contributed by atoms with van der Waals surface area (Å²) in [6.45, 7) is 0. The molecule has 0 bridgehead atoms. The van der Waals surface area contributed by atoms with Crippen LogP contribution in [0.25, 0.3) is 16.2 Å². The number of nitrogens with zero attached hydrogens (tertiary/aromatic N) is 2. The molecule has 25 heavy (non-hydrogen) atoms. The van der Waals surface area contributed by atoms with Gasteiger partial charge in [-0.2, -0.15) is 0 Å². The lowest BCUT2D eigenvalue weighted by molar-refractivity contribution is 0.102. The Morgan fingerprint density at radius 1 is 1.16 bits per heavy atom. The number of benzene rings is 2. The zero-order valence-electron chi connectivity index (χ0n) is 13.5. The van der Waals surface area contributed by atoms with Crippen molar-refractivity contribution in [1.29, 1.82) is 0 Å². The van der Waals surface area contributed by atoms with Gasteiger partial charge in [0.1, 0.15) is 0 Å². The second-order valence-electron chi connectivity index (χ2n) is 5.45. The topological polar surface area (TPSA) is 46.4 Å². The Bertz CT molecular complexity index is 1010. The van der Waals surface area contributed by atoms with Gasteiger partial charge in [-0.15, -0.1) is 23.1 Å². The van der Waals surface area contributed by atoms with Gasteiger partial charge in [-0.1, -0.05) is 24.3 Å². The van der Waals surface area contributed by atoms with Gasteiger partial charge < -0.3 is 5.32 Å². The second kappa shape index (κ2) is 6.74. The average molecular weight is 365 g/mol. The fourth-order valence-electron chi connectivity index (χ4n) is 2.62. The molecule has 0 aliphatic rings. The lowest BCUT2D eigenvalue weighted by Crippen LogP contribution is -2.12. The third-order valence-corrected chi connectivity index (χ3v) is 5.45. The van der Waals surface area contributed by atoms with Gasteiger partial charge in [0.2, 0.25) is 0 Å². The molecule has 0 spiro atoms. The van der Waals surface area contributed by atoms with Gasteiger partial charge >= 0.3 is 0 Å². The van der Waals surface area contributed by atoms with Crippen LogP contribution in [0.4, 0.5) is 5.69 Å². The quantitative estimate of drug-likeness (QED) is 0.516. The Morgan fingerprint density at radius 2 is 1.96 bits per heavy atom. The van der Waals surface area contributed by atoms with Crippen LogP contribution >= 0.6 is 23.1 Å². The number of amides is 1. The van der Waals surface area contributed by atoms with Gasteiger partial charge in [0.15, 0.2) is 4.96 Å². The smallest absolute Gasteiger partial charge is 0.256 e. The van der Waals surface area contributed by atoms with Crippen molar-refractivity contribution in [3.63, 3.8) is 0 Å². The van der Waals surface area contributed by atoms with Crippen molar-refractivity contribution in [3.8, 4) is 11.3 Å². The predicted molar refractivity (Wildman–Crippen MR) is 105 cm³/mol. The minimum Gasteiger partial charge on any atom is -0.322 e. The van der Waals surface area contributed by atoms with Crippen LogP contribution < -0.4 is 5.32 Å². The third kappa shape index (κ3) is 3.18. The van der Waals surface area contributed by atoms with E-state index in [9.17, 15) is 4.79 Å². The van der Waals surface area contributed by atoms with E-state index in [0.717, 1.165) is 26.8 Å². The van der Waals surface area contributed by atoms with E-state index in [-0.39, 0.29) is 5.91 Å². The van der Waals surface area contributed by atoms with E-state index >= 15 is 0 Å². The van der Waals surface area contributed by atoms with Crippen molar-refractivity contribution in [1.82, 2.24) is 9.38 Å². The van der Waals surface area contributed by atoms with Crippen LogP contribution in [0.5, 0.6) is 0 Å². The van der Waals surface area contributed by atoms with Gasteiger partial charge in [0.05, 0.1) is 11.3 Å². The summed E-state index contributed by atoms with van der Waals surface area (Å²) in [5.41, 5.74) is 3.41. The summed E-state index contributed by atoms with van der Waals surface area (Å²) in [5, 5.41) is 4.97. The molecular weight excluding hydrogens is 350 g/mol. The molecule has 0 fully saturated rings. The molecule has 4 nitrogen and oxygen atoms in total. The molecule has 2 aromatic carbocycles. The van der Waals surface area contributed by atoms with Gasteiger partial charge in [-0.3, -0.25) is 9.20 Å². The van der Waals surface area contributed by atoms with Gasteiger partial charge in [-0.05, 0) is 30.5 Å². The number of hydrogen-bond acceptors (Lipinski definition) is 4. The molecule has 2 aromatic heterocycles. The summed E-state index contributed by atoms with van der Waals surface area (Å²) in [7, 11) is 0. The molecule has 0 aliphatic heterocycles. The minimum absolute atomic E-state index is 0.0970. The van der Waals surface area contributed by atoms with E-state index in [2.05, 4.69) is 10.3 Å². The van der Waals surface area contributed by atoms with Gasteiger partial charge in [-0.25, -0.2) is 4.98 Å². The van der Waals surface area contributed by atoms with Crippen LogP contribution in [0, 0.1) is 0 Å². The fourth-order valence-corrected chi connectivity index (χ4v) is 3.92. The molecule has 0 saturated heterocycles. The van der Waals surface area contributed by atoms with Crippen LogP contribution in [0.1, 0.15) is 10.4 Å². The molecule has 0 atom stereocenters. The number of anilines is 1. The van der Waals surface area contributed by atoms with E-state index in [1.54, 1.807) is 23.1 Å². The lowest BCUT2D eigenvalue weighted by Gasteiger charge is -2.09. The first-order valence-corrected chi connectivity index (χ1v) is 9.82. The molecular formula is C19H15N3OS2. The average Bonchev–Trinajstić information content (AvgIpc) is 3.24. The van der Waals surface area contributed by atoms with E-state index in [4.69, 9.17) is 0 Å². The van der Waals surface area contributed by atoms with E-state index in [0.29, 0.717) is 5.56 Å².